The summed E-state index contributed by atoms with van der Waals surface area (Å²) in [6.07, 6.45) is 0. The lowest BCUT2D eigenvalue weighted by molar-refractivity contribution is -0.132. The van der Waals surface area contributed by atoms with E-state index >= 15 is 0 Å². The van der Waals surface area contributed by atoms with Gasteiger partial charge in [0.25, 0.3) is 5.91 Å². The van der Waals surface area contributed by atoms with Crippen molar-refractivity contribution in [2.75, 3.05) is 27.9 Å². The number of aromatic nitrogens is 2. The number of amides is 1. The smallest absolute Gasteiger partial charge is 0.260 e. The third-order valence-electron chi connectivity index (χ3n) is 4.09. The molecule has 0 atom stereocenters. The number of halogens is 1. The van der Waals surface area contributed by atoms with Gasteiger partial charge in [0, 0.05) is 18.1 Å². The van der Waals surface area contributed by atoms with Crippen molar-refractivity contribution >= 4 is 17.5 Å². The van der Waals surface area contributed by atoms with Gasteiger partial charge in [-0.05, 0) is 36.4 Å². The number of hydrogen-bond acceptors (Lipinski definition) is 7. The van der Waals surface area contributed by atoms with Crippen LogP contribution in [-0.2, 0) is 11.3 Å². The largest absolute Gasteiger partial charge is 0.497 e. The summed E-state index contributed by atoms with van der Waals surface area (Å²) in [7, 11) is 4.75. The fraction of sp³-hybridized carbons (Fsp3) is 0.250. The number of hydrogen-bond donors (Lipinski definition) is 0. The molecule has 152 valence electrons. The van der Waals surface area contributed by atoms with Gasteiger partial charge in [-0.25, -0.2) is 0 Å². The summed E-state index contributed by atoms with van der Waals surface area (Å²) >= 11 is 5.83. The molecule has 3 rings (SSSR count). The van der Waals surface area contributed by atoms with E-state index in [2.05, 4.69) is 10.1 Å². The monoisotopic (exact) mass is 417 g/mol. The van der Waals surface area contributed by atoms with Gasteiger partial charge < -0.3 is 23.6 Å². The number of rotatable bonds is 8. The Morgan fingerprint density at radius 2 is 1.83 bits per heavy atom. The highest BCUT2D eigenvalue weighted by molar-refractivity contribution is 6.30. The van der Waals surface area contributed by atoms with Crippen LogP contribution < -0.4 is 14.2 Å². The molecule has 8 nitrogen and oxygen atoms in total. The minimum atomic E-state index is -0.235. The second kappa shape index (κ2) is 9.29. The van der Waals surface area contributed by atoms with Crippen molar-refractivity contribution in [1.29, 1.82) is 0 Å². The molecule has 1 amide bonds. The van der Waals surface area contributed by atoms with E-state index in [1.165, 1.54) is 4.90 Å². The van der Waals surface area contributed by atoms with Gasteiger partial charge in [-0.3, -0.25) is 4.79 Å². The fourth-order valence-corrected chi connectivity index (χ4v) is 2.61. The summed E-state index contributed by atoms with van der Waals surface area (Å²) in [5, 5.41) is 4.57. The zero-order valence-electron chi connectivity index (χ0n) is 16.2. The molecular weight excluding hydrogens is 398 g/mol. The zero-order chi connectivity index (χ0) is 20.8. The van der Waals surface area contributed by atoms with Gasteiger partial charge in [0.2, 0.25) is 11.7 Å². The standard InChI is InChI=1S/C20H20ClN3O5/c1-24(19(25)12-28-14-6-4-13(21)5-7-14)11-18-22-20(23-29-18)16-9-8-15(26-2)10-17(16)27-3/h4-10H,11-12H2,1-3H3. The first-order chi connectivity index (χ1) is 14.0. The summed E-state index contributed by atoms with van der Waals surface area (Å²) < 4.78 is 21.3. The van der Waals surface area contributed by atoms with Crippen LogP contribution in [0, 0.1) is 0 Å². The van der Waals surface area contributed by atoms with Crippen molar-refractivity contribution in [1.82, 2.24) is 15.0 Å². The molecule has 0 aliphatic carbocycles. The molecule has 0 saturated carbocycles. The number of carbonyl (C=O) groups is 1. The lowest BCUT2D eigenvalue weighted by Gasteiger charge is -2.15. The number of ether oxygens (including phenoxy) is 3. The summed E-state index contributed by atoms with van der Waals surface area (Å²) in [6.45, 7) is 0.0275. The molecule has 3 aromatic rings. The highest BCUT2D eigenvalue weighted by atomic mass is 35.5. The first-order valence-electron chi connectivity index (χ1n) is 8.67. The van der Waals surface area contributed by atoms with E-state index in [-0.39, 0.29) is 19.1 Å². The summed E-state index contributed by atoms with van der Waals surface area (Å²) in [5.74, 6) is 2.18. The first kappa shape index (κ1) is 20.5. The maximum atomic E-state index is 12.3. The van der Waals surface area contributed by atoms with Gasteiger partial charge >= 0.3 is 0 Å². The van der Waals surface area contributed by atoms with E-state index in [4.69, 9.17) is 30.3 Å². The minimum absolute atomic E-state index is 0.120. The number of methoxy groups -OCH3 is 2. The second-order valence-electron chi connectivity index (χ2n) is 6.07. The SMILES string of the molecule is COc1ccc(-c2noc(CN(C)C(=O)COc3ccc(Cl)cc3)n2)c(OC)c1. The van der Waals surface area contributed by atoms with Crippen LogP contribution in [0.15, 0.2) is 47.0 Å². The Kier molecular flexibility index (Phi) is 6.56. The van der Waals surface area contributed by atoms with Crippen molar-refractivity contribution in [3.05, 3.63) is 53.4 Å². The lowest BCUT2D eigenvalue weighted by atomic mass is 10.2. The Labute approximate surface area is 172 Å². The molecular formula is C20H20ClN3O5. The third-order valence-corrected chi connectivity index (χ3v) is 4.34. The molecule has 29 heavy (non-hydrogen) atoms. The zero-order valence-corrected chi connectivity index (χ0v) is 17.0. The molecule has 1 aromatic heterocycles. The summed E-state index contributed by atoms with van der Waals surface area (Å²) in [4.78, 5) is 18.1. The molecule has 0 aliphatic heterocycles. The number of likely N-dealkylation sites (N-methyl/N-ethyl adjacent to an activating group) is 1. The number of benzene rings is 2. The highest BCUT2D eigenvalue weighted by Crippen LogP contribution is 2.31. The molecule has 0 saturated heterocycles. The van der Waals surface area contributed by atoms with E-state index in [0.29, 0.717) is 39.5 Å². The molecule has 1 heterocycles. The van der Waals surface area contributed by atoms with E-state index in [0.717, 1.165) is 0 Å². The van der Waals surface area contributed by atoms with Crippen molar-refractivity contribution in [3.63, 3.8) is 0 Å². The van der Waals surface area contributed by atoms with Crippen LogP contribution in [0.5, 0.6) is 17.2 Å². The minimum Gasteiger partial charge on any atom is -0.497 e. The molecule has 0 spiro atoms. The van der Waals surface area contributed by atoms with Gasteiger partial charge in [0.15, 0.2) is 6.61 Å². The lowest BCUT2D eigenvalue weighted by Crippen LogP contribution is -2.31. The van der Waals surface area contributed by atoms with Gasteiger partial charge in [0.05, 0.1) is 26.3 Å². The average molecular weight is 418 g/mol. The molecule has 0 fully saturated rings. The quantitative estimate of drug-likeness (QED) is 0.554. The van der Waals surface area contributed by atoms with E-state index in [1.54, 1.807) is 63.7 Å². The van der Waals surface area contributed by atoms with Crippen LogP contribution in [0.4, 0.5) is 0 Å². The van der Waals surface area contributed by atoms with Gasteiger partial charge in [-0.1, -0.05) is 16.8 Å². The average Bonchev–Trinajstić information content (AvgIpc) is 3.20. The van der Waals surface area contributed by atoms with Gasteiger partial charge in [-0.15, -0.1) is 0 Å². The summed E-state index contributed by atoms with van der Waals surface area (Å²) in [5.41, 5.74) is 0.656. The van der Waals surface area contributed by atoms with Crippen molar-refractivity contribution in [2.24, 2.45) is 0 Å². The maximum absolute atomic E-state index is 12.3. The Bertz CT molecular complexity index is 975. The summed E-state index contributed by atoms with van der Waals surface area (Å²) in [6, 6.07) is 12.1. The molecule has 9 heteroatoms. The Balaban J connectivity index is 1.62. The van der Waals surface area contributed by atoms with Crippen LogP contribution in [0.3, 0.4) is 0 Å². The molecule has 0 bridgehead atoms. The van der Waals surface area contributed by atoms with Crippen LogP contribution in [0.2, 0.25) is 5.02 Å². The molecule has 0 aliphatic rings. The maximum Gasteiger partial charge on any atom is 0.260 e. The van der Waals surface area contributed by atoms with Crippen molar-refractivity contribution in [3.8, 4) is 28.6 Å². The van der Waals surface area contributed by atoms with Crippen molar-refractivity contribution < 1.29 is 23.5 Å². The van der Waals surface area contributed by atoms with Crippen LogP contribution in [0.25, 0.3) is 11.4 Å². The molecule has 0 radical (unpaired) electrons. The van der Waals surface area contributed by atoms with Crippen LogP contribution in [-0.4, -0.2) is 48.8 Å². The Morgan fingerprint density at radius 3 is 2.52 bits per heavy atom. The second-order valence-corrected chi connectivity index (χ2v) is 6.51. The fourth-order valence-electron chi connectivity index (χ4n) is 2.49. The Morgan fingerprint density at radius 1 is 1.10 bits per heavy atom. The Hall–Kier alpha value is -3.26. The van der Waals surface area contributed by atoms with E-state index in [9.17, 15) is 4.79 Å². The molecule has 0 unspecified atom stereocenters. The number of carbonyl (C=O) groups excluding carboxylic acids is 1. The van der Waals surface area contributed by atoms with E-state index < -0.39 is 0 Å². The van der Waals surface area contributed by atoms with Crippen LogP contribution in [0.1, 0.15) is 5.89 Å². The first-order valence-corrected chi connectivity index (χ1v) is 9.05. The molecule has 0 N–H and O–H groups in total. The predicted octanol–water partition coefficient (Wildman–Crippen LogP) is 3.44. The van der Waals surface area contributed by atoms with Crippen molar-refractivity contribution in [2.45, 2.75) is 6.54 Å². The third kappa shape index (κ3) is 5.17. The topological polar surface area (TPSA) is 86.9 Å². The predicted molar refractivity (Wildman–Crippen MR) is 106 cm³/mol. The van der Waals surface area contributed by atoms with E-state index in [1.807, 2.05) is 0 Å². The molecule has 2 aromatic carbocycles. The highest BCUT2D eigenvalue weighted by Gasteiger charge is 2.17. The van der Waals surface area contributed by atoms with Crippen LogP contribution >= 0.6 is 11.6 Å². The normalized spacial score (nSPS) is 10.5. The van der Waals surface area contributed by atoms with Gasteiger partial charge in [-0.2, -0.15) is 4.98 Å². The van der Waals surface area contributed by atoms with Gasteiger partial charge in [0.1, 0.15) is 17.2 Å². The number of nitrogens with zero attached hydrogens (tertiary/aromatic N) is 3.